The first-order chi connectivity index (χ1) is 6.63. The molecule has 1 atom stereocenters. The lowest BCUT2D eigenvalue weighted by Gasteiger charge is -2.10. The highest BCUT2D eigenvalue weighted by Gasteiger charge is 2.01. The van der Waals surface area contributed by atoms with Crippen LogP contribution in [0.25, 0.3) is 0 Å². The zero-order chi connectivity index (χ0) is 10.6. The summed E-state index contributed by atoms with van der Waals surface area (Å²) in [7, 11) is 1.91. The Bertz CT molecular complexity index is 345. The van der Waals surface area contributed by atoms with E-state index >= 15 is 0 Å². The third-order valence-electron chi connectivity index (χ3n) is 2.27. The average Bonchev–Trinajstić information content (AvgIpc) is 2.16. The maximum atomic E-state index is 11.4. The zero-order valence-corrected chi connectivity index (χ0v) is 8.95. The molecule has 1 heterocycles. The molecule has 0 aliphatic heterocycles. The summed E-state index contributed by atoms with van der Waals surface area (Å²) in [6.07, 6.45) is 2.62. The average molecular weight is 195 g/mol. The number of aromatic nitrogens is 2. The topological polar surface area (TPSA) is 46.9 Å². The minimum Gasteiger partial charge on any atom is -0.317 e. The third kappa shape index (κ3) is 2.96. The van der Waals surface area contributed by atoms with E-state index in [0.29, 0.717) is 12.6 Å². The van der Waals surface area contributed by atoms with Crippen LogP contribution in [0.5, 0.6) is 0 Å². The van der Waals surface area contributed by atoms with Gasteiger partial charge in [0, 0.05) is 18.7 Å². The largest absolute Gasteiger partial charge is 0.317 e. The van der Waals surface area contributed by atoms with Crippen molar-refractivity contribution >= 4 is 0 Å². The van der Waals surface area contributed by atoms with Gasteiger partial charge in [-0.1, -0.05) is 0 Å². The summed E-state index contributed by atoms with van der Waals surface area (Å²) in [5.41, 5.74) is 0.890. The molecule has 1 aromatic rings. The first-order valence-corrected chi connectivity index (χ1v) is 4.84. The molecule has 1 N–H and O–H groups in total. The summed E-state index contributed by atoms with van der Waals surface area (Å²) in [6.45, 7) is 4.62. The Morgan fingerprint density at radius 3 is 2.93 bits per heavy atom. The Morgan fingerprint density at radius 2 is 2.36 bits per heavy atom. The lowest BCUT2D eigenvalue weighted by Crippen LogP contribution is -2.28. The van der Waals surface area contributed by atoms with Gasteiger partial charge in [0.2, 0.25) is 0 Å². The molecule has 1 aromatic heterocycles. The summed E-state index contributed by atoms with van der Waals surface area (Å²) in [4.78, 5) is 11.4. The number of nitrogens with zero attached hydrogens (tertiary/aromatic N) is 2. The Kier molecular flexibility index (Phi) is 3.83. The van der Waals surface area contributed by atoms with Crippen LogP contribution in [0.2, 0.25) is 0 Å². The Morgan fingerprint density at radius 1 is 1.64 bits per heavy atom. The molecule has 0 amide bonds. The second kappa shape index (κ2) is 4.91. The molecular weight excluding hydrogens is 178 g/mol. The lowest BCUT2D eigenvalue weighted by atomic mass is 10.2. The molecule has 4 heteroatoms. The highest BCUT2D eigenvalue weighted by molar-refractivity contribution is 5.02. The standard InChI is InChI=1S/C10H17N3O/c1-8-6-10(14)13(12-7-8)5-4-9(2)11-3/h6-7,9,11H,4-5H2,1-3H3. The highest BCUT2D eigenvalue weighted by Crippen LogP contribution is 1.92. The number of aryl methyl sites for hydroxylation is 2. The highest BCUT2D eigenvalue weighted by atomic mass is 16.1. The fraction of sp³-hybridized carbons (Fsp3) is 0.600. The van der Waals surface area contributed by atoms with Crippen LogP contribution >= 0.6 is 0 Å². The van der Waals surface area contributed by atoms with Crippen molar-refractivity contribution in [1.82, 2.24) is 15.1 Å². The zero-order valence-electron chi connectivity index (χ0n) is 8.95. The molecule has 0 saturated carbocycles. The van der Waals surface area contributed by atoms with E-state index in [1.165, 1.54) is 4.68 Å². The van der Waals surface area contributed by atoms with E-state index in [-0.39, 0.29) is 5.56 Å². The second-order valence-corrected chi connectivity index (χ2v) is 3.57. The summed E-state index contributed by atoms with van der Waals surface area (Å²) < 4.78 is 1.50. The van der Waals surface area contributed by atoms with Crippen molar-refractivity contribution in [3.63, 3.8) is 0 Å². The van der Waals surface area contributed by atoms with Crippen LogP contribution in [0.3, 0.4) is 0 Å². The molecule has 0 fully saturated rings. The van der Waals surface area contributed by atoms with Gasteiger partial charge in [-0.05, 0) is 32.9 Å². The molecule has 0 saturated heterocycles. The first kappa shape index (κ1) is 10.9. The Balaban J connectivity index is 2.64. The van der Waals surface area contributed by atoms with Crippen molar-refractivity contribution in [2.45, 2.75) is 32.9 Å². The SMILES string of the molecule is CNC(C)CCn1ncc(C)cc1=O. The second-order valence-electron chi connectivity index (χ2n) is 3.57. The monoisotopic (exact) mass is 195 g/mol. The van der Waals surface area contributed by atoms with Crippen molar-refractivity contribution in [2.24, 2.45) is 0 Å². The van der Waals surface area contributed by atoms with Gasteiger partial charge in [0.05, 0.1) is 6.20 Å². The molecule has 1 rings (SSSR count). The Hall–Kier alpha value is -1.16. The van der Waals surface area contributed by atoms with Crippen molar-refractivity contribution in [3.05, 3.63) is 28.2 Å². The van der Waals surface area contributed by atoms with Crippen LogP contribution in [-0.4, -0.2) is 22.9 Å². The van der Waals surface area contributed by atoms with Crippen LogP contribution < -0.4 is 10.9 Å². The fourth-order valence-corrected chi connectivity index (χ4v) is 1.15. The normalized spacial score (nSPS) is 12.8. The van der Waals surface area contributed by atoms with Gasteiger partial charge in [-0.3, -0.25) is 4.79 Å². The van der Waals surface area contributed by atoms with Gasteiger partial charge in [-0.2, -0.15) is 5.10 Å². The number of nitrogens with one attached hydrogen (secondary N) is 1. The van der Waals surface area contributed by atoms with E-state index in [2.05, 4.69) is 17.3 Å². The molecule has 0 aliphatic rings. The molecule has 0 radical (unpaired) electrons. The quantitative estimate of drug-likeness (QED) is 0.763. The number of hydrogen-bond donors (Lipinski definition) is 1. The van der Waals surface area contributed by atoms with E-state index in [4.69, 9.17) is 0 Å². The molecule has 0 aromatic carbocycles. The third-order valence-corrected chi connectivity index (χ3v) is 2.27. The van der Waals surface area contributed by atoms with Gasteiger partial charge < -0.3 is 5.32 Å². The van der Waals surface area contributed by atoms with Crippen LogP contribution in [0.4, 0.5) is 0 Å². The van der Waals surface area contributed by atoms with Gasteiger partial charge in [-0.25, -0.2) is 4.68 Å². The maximum Gasteiger partial charge on any atom is 0.266 e. The summed E-state index contributed by atoms with van der Waals surface area (Å²) in [5, 5.41) is 7.18. The summed E-state index contributed by atoms with van der Waals surface area (Å²) >= 11 is 0. The Labute approximate surface area is 84.0 Å². The predicted octanol–water partition coefficient (Wildman–Crippen LogP) is 0.550. The van der Waals surface area contributed by atoms with Crippen LogP contribution in [0, 0.1) is 6.92 Å². The van der Waals surface area contributed by atoms with E-state index in [1.54, 1.807) is 12.3 Å². The van der Waals surface area contributed by atoms with Crippen LogP contribution in [0.1, 0.15) is 18.9 Å². The van der Waals surface area contributed by atoms with Gasteiger partial charge in [-0.15, -0.1) is 0 Å². The molecule has 0 bridgehead atoms. The fourth-order valence-electron chi connectivity index (χ4n) is 1.15. The molecule has 4 nitrogen and oxygen atoms in total. The minimum absolute atomic E-state index is 0.0201. The molecule has 1 unspecified atom stereocenters. The maximum absolute atomic E-state index is 11.4. The summed E-state index contributed by atoms with van der Waals surface area (Å²) in [6, 6.07) is 2.02. The molecular formula is C10H17N3O. The molecule has 0 aliphatic carbocycles. The van der Waals surface area contributed by atoms with Gasteiger partial charge in [0.1, 0.15) is 0 Å². The van der Waals surface area contributed by atoms with Crippen molar-refractivity contribution < 1.29 is 0 Å². The van der Waals surface area contributed by atoms with Crippen LogP contribution in [0.15, 0.2) is 17.1 Å². The number of rotatable bonds is 4. The van der Waals surface area contributed by atoms with Crippen molar-refractivity contribution in [3.8, 4) is 0 Å². The smallest absolute Gasteiger partial charge is 0.266 e. The summed E-state index contributed by atoms with van der Waals surface area (Å²) in [5.74, 6) is 0. The predicted molar refractivity (Wildman–Crippen MR) is 56.4 cm³/mol. The minimum atomic E-state index is -0.0201. The van der Waals surface area contributed by atoms with Crippen LogP contribution in [-0.2, 0) is 6.54 Å². The first-order valence-electron chi connectivity index (χ1n) is 4.84. The molecule has 0 spiro atoms. The van der Waals surface area contributed by atoms with Crippen molar-refractivity contribution in [2.75, 3.05) is 7.05 Å². The molecule has 14 heavy (non-hydrogen) atoms. The van der Waals surface area contributed by atoms with E-state index < -0.39 is 0 Å². The lowest BCUT2D eigenvalue weighted by molar-refractivity contribution is 0.471. The van der Waals surface area contributed by atoms with Crippen molar-refractivity contribution in [1.29, 1.82) is 0 Å². The van der Waals surface area contributed by atoms with Gasteiger partial charge in [0.25, 0.3) is 5.56 Å². The van der Waals surface area contributed by atoms with E-state index in [1.807, 2.05) is 14.0 Å². The van der Waals surface area contributed by atoms with E-state index in [0.717, 1.165) is 12.0 Å². The van der Waals surface area contributed by atoms with E-state index in [9.17, 15) is 4.79 Å². The van der Waals surface area contributed by atoms with Gasteiger partial charge in [0.15, 0.2) is 0 Å². The number of hydrogen-bond acceptors (Lipinski definition) is 3. The molecule has 78 valence electrons. The van der Waals surface area contributed by atoms with Gasteiger partial charge >= 0.3 is 0 Å².